The highest BCUT2D eigenvalue weighted by molar-refractivity contribution is 5.49. The van der Waals surface area contributed by atoms with Gasteiger partial charge in [-0.25, -0.2) is 4.68 Å². The largest absolute Gasteiger partial charge is 0.497 e. The molecule has 1 saturated heterocycles. The zero-order valence-corrected chi connectivity index (χ0v) is 20.1. The van der Waals surface area contributed by atoms with Crippen molar-refractivity contribution in [2.75, 3.05) is 45.3 Å². The Kier molecular flexibility index (Phi) is 6.94. The highest BCUT2D eigenvalue weighted by Crippen LogP contribution is 2.34. The van der Waals surface area contributed by atoms with E-state index in [4.69, 9.17) is 9.47 Å². The lowest BCUT2D eigenvalue weighted by Gasteiger charge is -2.40. The molecule has 1 aliphatic heterocycles. The number of rotatable bonds is 7. The van der Waals surface area contributed by atoms with E-state index in [2.05, 4.69) is 54.3 Å². The van der Waals surface area contributed by atoms with Gasteiger partial charge in [0, 0.05) is 31.9 Å². The van der Waals surface area contributed by atoms with E-state index in [0.29, 0.717) is 6.04 Å². The Morgan fingerprint density at radius 2 is 1.41 bits per heavy atom. The van der Waals surface area contributed by atoms with Gasteiger partial charge in [0.1, 0.15) is 11.5 Å². The molecule has 3 aromatic rings. The number of nitrogens with zero attached hydrogens (tertiary/aromatic N) is 6. The van der Waals surface area contributed by atoms with Crippen LogP contribution in [0, 0.1) is 0 Å². The Bertz CT molecular complexity index is 1040. The van der Waals surface area contributed by atoms with Crippen LogP contribution < -0.4 is 14.4 Å². The molecule has 1 saturated carbocycles. The van der Waals surface area contributed by atoms with Gasteiger partial charge in [0.15, 0.2) is 5.82 Å². The van der Waals surface area contributed by atoms with Gasteiger partial charge < -0.3 is 14.4 Å². The molecular weight excluding hydrogens is 428 g/mol. The van der Waals surface area contributed by atoms with Crippen LogP contribution in [0.4, 0.5) is 5.69 Å². The summed E-state index contributed by atoms with van der Waals surface area (Å²) in [6.07, 6.45) is 6.11. The molecule has 5 rings (SSSR count). The number of anilines is 1. The van der Waals surface area contributed by atoms with Gasteiger partial charge in [-0.05, 0) is 65.2 Å². The highest BCUT2D eigenvalue weighted by Gasteiger charge is 2.32. The Labute approximate surface area is 201 Å². The van der Waals surface area contributed by atoms with Crippen molar-refractivity contribution in [2.24, 2.45) is 0 Å². The van der Waals surface area contributed by atoms with Gasteiger partial charge in [0.2, 0.25) is 0 Å². The summed E-state index contributed by atoms with van der Waals surface area (Å²) < 4.78 is 12.8. The molecule has 1 aromatic heterocycles. The summed E-state index contributed by atoms with van der Waals surface area (Å²) in [5, 5.41) is 13.2. The maximum atomic E-state index is 5.41. The molecule has 0 amide bonds. The van der Waals surface area contributed by atoms with Crippen LogP contribution >= 0.6 is 0 Å². The minimum Gasteiger partial charge on any atom is -0.497 e. The molecule has 34 heavy (non-hydrogen) atoms. The van der Waals surface area contributed by atoms with Crippen molar-refractivity contribution in [1.82, 2.24) is 25.1 Å². The Hall–Kier alpha value is -3.13. The lowest BCUT2D eigenvalue weighted by atomic mass is 9.95. The third-order valence-corrected chi connectivity index (χ3v) is 7.23. The van der Waals surface area contributed by atoms with E-state index in [1.807, 2.05) is 24.3 Å². The molecule has 2 heterocycles. The summed E-state index contributed by atoms with van der Waals surface area (Å²) in [5.74, 6) is 2.70. The van der Waals surface area contributed by atoms with Crippen LogP contribution in [-0.2, 0) is 0 Å². The first-order valence-electron chi connectivity index (χ1n) is 12.3. The molecule has 180 valence electrons. The van der Waals surface area contributed by atoms with E-state index in [0.717, 1.165) is 56.3 Å². The predicted octanol–water partition coefficient (Wildman–Crippen LogP) is 4.11. The van der Waals surface area contributed by atoms with Gasteiger partial charge in [-0.1, -0.05) is 31.4 Å². The van der Waals surface area contributed by atoms with Gasteiger partial charge in [0.25, 0.3) is 0 Å². The SMILES string of the molecule is COc1ccc([C@@H](c2nnnn2C2CCCCC2)N2CCN(c3ccc(OC)cc3)CC2)cc1. The topological polar surface area (TPSA) is 68.5 Å². The lowest BCUT2D eigenvalue weighted by molar-refractivity contribution is 0.193. The average molecular weight is 463 g/mol. The second-order valence-electron chi connectivity index (χ2n) is 9.17. The normalized spacial score (nSPS) is 18.6. The van der Waals surface area contributed by atoms with E-state index in [1.54, 1.807) is 14.2 Å². The molecule has 0 radical (unpaired) electrons. The molecule has 2 aliphatic rings. The van der Waals surface area contributed by atoms with Crippen molar-refractivity contribution in [3.05, 3.63) is 59.9 Å². The van der Waals surface area contributed by atoms with Gasteiger partial charge in [-0.15, -0.1) is 5.10 Å². The second kappa shape index (κ2) is 10.4. The molecule has 0 unspecified atom stereocenters. The van der Waals surface area contributed by atoms with E-state index < -0.39 is 0 Å². The summed E-state index contributed by atoms with van der Waals surface area (Å²) in [6, 6.07) is 17.1. The van der Waals surface area contributed by atoms with E-state index in [-0.39, 0.29) is 6.04 Å². The Morgan fingerprint density at radius 1 is 0.794 bits per heavy atom. The van der Waals surface area contributed by atoms with Crippen LogP contribution in [0.2, 0.25) is 0 Å². The van der Waals surface area contributed by atoms with Gasteiger partial charge in [-0.3, -0.25) is 4.90 Å². The van der Waals surface area contributed by atoms with Crippen molar-refractivity contribution in [1.29, 1.82) is 0 Å². The van der Waals surface area contributed by atoms with Gasteiger partial charge in [-0.2, -0.15) is 0 Å². The molecule has 1 atom stereocenters. The zero-order valence-electron chi connectivity index (χ0n) is 20.1. The fourth-order valence-corrected chi connectivity index (χ4v) is 5.31. The van der Waals surface area contributed by atoms with Crippen LogP contribution in [0.3, 0.4) is 0 Å². The van der Waals surface area contributed by atoms with E-state index >= 15 is 0 Å². The summed E-state index contributed by atoms with van der Waals surface area (Å²) >= 11 is 0. The van der Waals surface area contributed by atoms with Crippen molar-refractivity contribution < 1.29 is 9.47 Å². The van der Waals surface area contributed by atoms with Crippen LogP contribution in [0.15, 0.2) is 48.5 Å². The van der Waals surface area contributed by atoms with E-state index in [1.165, 1.54) is 30.5 Å². The van der Waals surface area contributed by atoms with Crippen molar-refractivity contribution in [2.45, 2.75) is 44.2 Å². The Balaban J connectivity index is 1.40. The van der Waals surface area contributed by atoms with Crippen LogP contribution in [0.1, 0.15) is 55.6 Å². The predicted molar refractivity (Wildman–Crippen MR) is 132 cm³/mol. The third-order valence-electron chi connectivity index (χ3n) is 7.23. The molecule has 2 aromatic carbocycles. The number of hydrogen-bond acceptors (Lipinski definition) is 7. The minimum atomic E-state index is 0.0147. The summed E-state index contributed by atoms with van der Waals surface area (Å²) in [4.78, 5) is 4.96. The fraction of sp³-hybridized carbons (Fsp3) is 0.500. The summed E-state index contributed by atoms with van der Waals surface area (Å²) in [6.45, 7) is 3.76. The summed E-state index contributed by atoms with van der Waals surface area (Å²) in [5.41, 5.74) is 2.43. The number of benzene rings is 2. The maximum absolute atomic E-state index is 5.41. The van der Waals surface area contributed by atoms with Crippen molar-refractivity contribution in [3.63, 3.8) is 0 Å². The Morgan fingerprint density at radius 3 is 2.03 bits per heavy atom. The number of ether oxygens (including phenoxy) is 2. The second-order valence-corrected chi connectivity index (χ2v) is 9.17. The molecule has 1 aliphatic carbocycles. The first kappa shape index (κ1) is 22.7. The molecule has 0 spiro atoms. The quantitative estimate of drug-likeness (QED) is 0.523. The number of methoxy groups -OCH3 is 2. The highest BCUT2D eigenvalue weighted by atomic mass is 16.5. The first-order valence-corrected chi connectivity index (χ1v) is 12.3. The maximum Gasteiger partial charge on any atom is 0.173 e. The number of piperazine rings is 1. The molecule has 8 heteroatoms. The van der Waals surface area contributed by atoms with Crippen molar-refractivity contribution in [3.8, 4) is 11.5 Å². The van der Waals surface area contributed by atoms with E-state index in [9.17, 15) is 0 Å². The van der Waals surface area contributed by atoms with Gasteiger partial charge in [0.05, 0.1) is 26.3 Å². The monoisotopic (exact) mass is 462 g/mol. The number of aromatic nitrogens is 4. The molecule has 0 N–H and O–H groups in total. The number of hydrogen-bond donors (Lipinski definition) is 0. The van der Waals surface area contributed by atoms with Crippen LogP contribution in [-0.4, -0.2) is 65.5 Å². The summed E-state index contributed by atoms with van der Waals surface area (Å²) in [7, 11) is 3.41. The molecule has 8 nitrogen and oxygen atoms in total. The minimum absolute atomic E-state index is 0.0147. The zero-order chi connectivity index (χ0) is 23.3. The van der Waals surface area contributed by atoms with Gasteiger partial charge >= 0.3 is 0 Å². The molecule has 2 fully saturated rings. The third kappa shape index (κ3) is 4.73. The van der Waals surface area contributed by atoms with Crippen LogP contribution in [0.25, 0.3) is 0 Å². The lowest BCUT2D eigenvalue weighted by Crippen LogP contribution is -2.48. The standard InChI is InChI=1S/C26H34N6O2/c1-33-23-12-8-20(9-13-23)25(26-27-28-29-32(26)22-6-4-3-5-7-22)31-18-16-30(17-19-31)21-10-14-24(34-2)15-11-21/h8-15,22,25H,3-7,16-19H2,1-2H3/t25-/m0/s1. The van der Waals surface area contributed by atoms with Crippen molar-refractivity contribution >= 4 is 5.69 Å². The average Bonchev–Trinajstić information content (AvgIpc) is 3.40. The fourth-order valence-electron chi connectivity index (χ4n) is 5.31. The smallest absolute Gasteiger partial charge is 0.173 e. The van der Waals surface area contributed by atoms with Crippen LogP contribution in [0.5, 0.6) is 11.5 Å². The first-order chi connectivity index (χ1) is 16.8. The molecule has 0 bridgehead atoms. The molecular formula is C26H34N6O2. The number of tetrazole rings is 1.